The summed E-state index contributed by atoms with van der Waals surface area (Å²) in [6, 6.07) is 7.02. The molecule has 2 aliphatic heterocycles. The van der Waals surface area contributed by atoms with Crippen molar-refractivity contribution in [2.75, 3.05) is 5.75 Å². The first-order chi connectivity index (χ1) is 18.8. The third-order valence-electron chi connectivity index (χ3n) is 7.07. The molecule has 2 bridgehead atoms. The molecule has 2 aromatic rings. The molecule has 4 rings (SSSR count). The fourth-order valence-electron chi connectivity index (χ4n) is 5.19. The maximum Gasteiger partial charge on any atom is 0.336 e. The fraction of sp³-hybridized carbons (Fsp3) is 0.519. The number of nitrogens with zero attached hydrogens (tertiary/aromatic N) is 3. The molecule has 40 heavy (non-hydrogen) atoms. The Morgan fingerprint density at radius 1 is 1.02 bits per heavy atom. The molecular formula is C27H34FN3O8S. The van der Waals surface area contributed by atoms with E-state index in [-0.39, 0.29) is 5.82 Å². The Hall–Kier alpha value is -3.13. The maximum atomic E-state index is 13.2. The number of hydrogen-bond acceptors (Lipinski definition) is 9. The van der Waals surface area contributed by atoms with Crippen LogP contribution in [0, 0.1) is 5.82 Å². The highest BCUT2D eigenvalue weighted by Crippen LogP contribution is 2.46. The van der Waals surface area contributed by atoms with Gasteiger partial charge in [0.1, 0.15) is 5.82 Å². The number of carbonyl (C=O) groups is 3. The lowest BCUT2D eigenvalue weighted by Crippen LogP contribution is -2.49. The predicted octanol–water partition coefficient (Wildman–Crippen LogP) is 2.88. The van der Waals surface area contributed by atoms with Crippen LogP contribution in [-0.4, -0.2) is 81.7 Å². The number of fused-ring (bicyclic) bond motifs is 2. The number of benzene rings is 1. The second kappa shape index (κ2) is 13.5. The Labute approximate surface area is 235 Å². The number of thioether (sulfide) groups is 1. The van der Waals surface area contributed by atoms with E-state index in [0.29, 0.717) is 24.9 Å². The van der Waals surface area contributed by atoms with Crippen LogP contribution in [0.4, 0.5) is 4.39 Å². The summed E-state index contributed by atoms with van der Waals surface area (Å²) >= 11 is 1.69. The summed E-state index contributed by atoms with van der Waals surface area (Å²) in [6.07, 6.45) is 6.28. The molecule has 3 heterocycles. The topological polar surface area (TPSA) is 181 Å². The van der Waals surface area contributed by atoms with Crippen LogP contribution in [0.2, 0.25) is 0 Å². The summed E-state index contributed by atoms with van der Waals surface area (Å²) in [4.78, 5) is 41.9. The average molecular weight is 580 g/mol. The number of aromatic nitrogens is 2. The smallest absolute Gasteiger partial charge is 0.336 e. The molecule has 0 spiro atoms. The zero-order valence-electron chi connectivity index (χ0n) is 22.1. The summed E-state index contributed by atoms with van der Waals surface area (Å²) in [6.45, 7) is 2.98. The molecule has 2 atom stereocenters. The summed E-state index contributed by atoms with van der Waals surface area (Å²) in [5, 5.41) is 45.9. The van der Waals surface area contributed by atoms with Gasteiger partial charge in [-0.2, -0.15) is 0 Å². The van der Waals surface area contributed by atoms with Crippen LogP contribution in [-0.2, 0) is 26.5 Å². The molecule has 5 N–H and O–H groups in total. The molecule has 1 aromatic heterocycles. The summed E-state index contributed by atoms with van der Waals surface area (Å²) in [5.74, 6) is -4.24. The Bertz CT molecular complexity index is 1150. The molecule has 0 saturated carbocycles. The Kier molecular flexibility index (Phi) is 10.6. The van der Waals surface area contributed by atoms with Crippen LogP contribution in [0.1, 0.15) is 63.0 Å². The maximum absolute atomic E-state index is 13.2. The van der Waals surface area contributed by atoms with Gasteiger partial charge in [-0.05, 0) is 49.8 Å². The van der Waals surface area contributed by atoms with Gasteiger partial charge in [-0.3, -0.25) is 14.5 Å². The van der Waals surface area contributed by atoms with E-state index < -0.39 is 42.0 Å². The second-order valence-corrected chi connectivity index (χ2v) is 11.3. The molecule has 218 valence electrons. The largest absolute Gasteiger partial charge is 0.481 e. The minimum Gasteiger partial charge on any atom is -0.481 e. The van der Waals surface area contributed by atoms with Gasteiger partial charge < -0.3 is 25.5 Å². The number of carboxylic acid groups (broad SMARTS) is 3. The van der Waals surface area contributed by atoms with Gasteiger partial charge in [-0.25, -0.2) is 19.2 Å². The molecule has 2 fully saturated rings. The highest BCUT2D eigenvalue weighted by molar-refractivity contribution is 7.99. The van der Waals surface area contributed by atoms with Crippen molar-refractivity contribution in [2.45, 2.75) is 86.9 Å². The summed E-state index contributed by atoms with van der Waals surface area (Å²) in [7, 11) is 0. The van der Waals surface area contributed by atoms with Crippen LogP contribution in [0.25, 0.3) is 0 Å². The molecule has 2 unspecified atom stereocenters. The minimum absolute atomic E-state index is 0.261. The molecular weight excluding hydrogens is 545 g/mol. The highest BCUT2D eigenvalue weighted by atomic mass is 32.2. The number of aliphatic carboxylic acids is 3. The first-order valence-corrected chi connectivity index (χ1v) is 13.9. The van der Waals surface area contributed by atoms with Crippen molar-refractivity contribution < 1.29 is 44.3 Å². The van der Waals surface area contributed by atoms with E-state index >= 15 is 0 Å². The van der Waals surface area contributed by atoms with Crippen molar-refractivity contribution in [3.8, 4) is 0 Å². The summed E-state index contributed by atoms with van der Waals surface area (Å²) < 4.78 is 13.2. The van der Waals surface area contributed by atoms with E-state index in [9.17, 15) is 23.9 Å². The van der Waals surface area contributed by atoms with Gasteiger partial charge in [0.05, 0.1) is 18.4 Å². The van der Waals surface area contributed by atoms with Crippen LogP contribution in [0.3, 0.4) is 0 Å². The van der Waals surface area contributed by atoms with Gasteiger partial charge in [-0.15, -0.1) is 0 Å². The normalized spacial score (nSPS) is 22.3. The van der Waals surface area contributed by atoms with E-state index in [4.69, 9.17) is 20.4 Å². The molecule has 2 saturated heterocycles. The molecule has 1 aromatic carbocycles. The van der Waals surface area contributed by atoms with E-state index in [1.54, 1.807) is 23.9 Å². The quantitative estimate of drug-likeness (QED) is 0.194. The number of hydrogen-bond donors (Lipinski definition) is 5. The standard InChI is InChI=1S/C21H26FN3OS.C6H8O7/c1-2-9-27-20-23-12-15(13-24-20)14-25-18-7-8-19(25)11-21(26,10-18)16-3-5-17(22)6-4-16;7-3(8)1-6(13,5(11)12)2-4(9)10/h3-6,12-13,18-19,26H,2,7-11,14H2,1H3;13H,1-2H2,(H,7,8)(H,9,10)(H,11,12). The van der Waals surface area contributed by atoms with Gasteiger partial charge in [0.2, 0.25) is 0 Å². The van der Waals surface area contributed by atoms with Crippen molar-refractivity contribution >= 4 is 29.7 Å². The van der Waals surface area contributed by atoms with E-state index in [0.717, 1.165) is 47.8 Å². The molecule has 0 aliphatic carbocycles. The van der Waals surface area contributed by atoms with Crippen molar-refractivity contribution in [3.05, 3.63) is 53.6 Å². The molecule has 2 aliphatic rings. The van der Waals surface area contributed by atoms with E-state index in [2.05, 4.69) is 21.8 Å². The van der Waals surface area contributed by atoms with E-state index in [1.165, 1.54) is 12.1 Å². The van der Waals surface area contributed by atoms with Gasteiger partial charge in [0.15, 0.2) is 10.8 Å². The van der Waals surface area contributed by atoms with Gasteiger partial charge >= 0.3 is 17.9 Å². The lowest BCUT2D eigenvalue weighted by atomic mass is 9.80. The summed E-state index contributed by atoms with van der Waals surface area (Å²) in [5.41, 5.74) is -1.63. The molecule has 0 radical (unpaired) electrons. The van der Waals surface area contributed by atoms with Crippen molar-refractivity contribution in [1.29, 1.82) is 0 Å². The predicted molar refractivity (Wildman–Crippen MR) is 142 cm³/mol. The van der Waals surface area contributed by atoms with Gasteiger partial charge in [0.25, 0.3) is 0 Å². The first-order valence-electron chi connectivity index (χ1n) is 12.9. The number of rotatable bonds is 11. The van der Waals surface area contributed by atoms with Crippen LogP contribution >= 0.6 is 11.8 Å². The van der Waals surface area contributed by atoms with Crippen LogP contribution in [0.15, 0.2) is 41.8 Å². The number of halogens is 1. The highest BCUT2D eigenvalue weighted by Gasteiger charge is 2.48. The average Bonchev–Trinajstić information content (AvgIpc) is 3.12. The number of aliphatic hydroxyl groups is 2. The van der Waals surface area contributed by atoms with Crippen molar-refractivity contribution in [1.82, 2.24) is 14.9 Å². The second-order valence-electron chi connectivity index (χ2n) is 10.2. The lowest BCUT2D eigenvalue weighted by molar-refractivity contribution is -0.170. The van der Waals surface area contributed by atoms with Crippen molar-refractivity contribution in [2.24, 2.45) is 0 Å². The lowest BCUT2D eigenvalue weighted by Gasteiger charge is -2.44. The SMILES string of the molecule is CCCSc1ncc(CN2C3CCC2CC(O)(c2ccc(F)cc2)C3)cn1.O=C(O)CC(O)(CC(=O)O)C(=O)O. The molecule has 0 amide bonds. The van der Waals surface area contributed by atoms with Crippen LogP contribution < -0.4 is 0 Å². The van der Waals surface area contributed by atoms with Crippen LogP contribution in [0.5, 0.6) is 0 Å². The third-order valence-corrected chi connectivity index (χ3v) is 8.15. The number of carboxylic acids is 3. The molecule has 11 nitrogen and oxygen atoms in total. The zero-order valence-corrected chi connectivity index (χ0v) is 22.9. The molecule has 13 heteroatoms. The monoisotopic (exact) mass is 579 g/mol. The zero-order chi connectivity index (χ0) is 29.5. The minimum atomic E-state index is -2.74. The van der Waals surface area contributed by atoms with Crippen molar-refractivity contribution in [3.63, 3.8) is 0 Å². The van der Waals surface area contributed by atoms with E-state index in [1.807, 2.05) is 12.4 Å². The van der Waals surface area contributed by atoms with Gasteiger partial charge in [0, 0.05) is 42.3 Å². The number of piperidine rings is 1. The Morgan fingerprint density at radius 2 is 1.55 bits per heavy atom. The third kappa shape index (κ3) is 8.19. The fourth-order valence-corrected chi connectivity index (χ4v) is 5.83. The Balaban J connectivity index is 0.000000289. The Morgan fingerprint density at radius 3 is 2.00 bits per heavy atom. The first kappa shape index (κ1) is 31.4. The van der Waals surface area contributed by atoms with Gasteiger partial charge in [-0.1, -0.05) is 30.8 Å².